The molecule has 5 nitrogen and oxygen atoms in total. The minimum Gasteiger partial charge on any atom is -0.490 e. The van der Waals surface area contributed by atoms with E-state index < -0.39 is 0 Å². The van der Waals surface area contributed by atoms with Crippen molar-refractivity contribution in [3.8, 4) is 17.2 Å². The summed E-state index contributed by atoms with van der Waals surface area (Å²) in [5.74, 6) is 2.03. The molecule has 0 aliphatic carbocycles. The first-order valence-corrected chi connectivity index (χ1v) is 10.5. The summed E-state index contributed by atoms with van der Waals surface area (Å²) in [7, 11) is 1.68. The van der Waals surface area contributed by atoms with E-state index in [9.17, 15) is 4.79 Å². The fourth-order valence-corrected chi connectivity index (χ4v) is 3.90. The molecule has 1 heterocycles. The van der Waals surface area contributed by atoms with Gasteiger partial charge >= 0.3 is 0 Å². The summed E-state index contributed by atoms with van der Waals surface area (Å²) in [5, 5.41) is 0. The molecule has 2 aromatic carbocycles. The molecule has 0 unspecified atom stereocenters. The van der Waals surface area contributed by atoms with E-state index in [1.807, 2.05) is 62.4 Å². The van der Waals surface area contributed by atoms with Crippen molar-refractivity contribution >= 4 is 40.3 Å². The van der Waals surface area contributed by atoms with Gasteiger partial charge in [0.25, 0.3) is 5.91 Å². The van der Waals surface area contributed by atoms with E-state index in [-0.39, 0.29) is 5.91 Å². The topological polar surface area (TPSA) is 48.0 Å². The predicted octanol–water partition coefficient (Wildman–Crippen LogP) is 4.68. The molecular formula is C22H23NO4S2. The maximum atomic E-state index is 12.2. The van der Waals surface area contributed by atoms with E-state index in [2.05, 4.69) is 0 Å². The third-order valence-corrected chi connectivity index (χ3v) is 5.73. The number of thiocarbonyl (C=S) groups is 1. The Kier molecular flexibility index (Phi) is 7.17. The number of carbonyl (C=O) groups is 1. The molecule has 1 aliphatic rings. The van der Waals surface area contributed by atoms with Crippen LogP contribution in [0.3, 0.4) is 0 Å². The Morgan fingerprint density at radius 1 is 1.03 bits per heavy atom. The van der Waals surface area contributed by atoms with Crippen LogP contribution in [0, 0.1) is 6.92 Å². The number of rotatable bonds is 8. The van der Waals surface area contributed by atoms with Crippen LogP contribution >= 0.6 is 24.0 Å². The minimum atomic E-state index is -0.0911. The second-order valence-corrected chi connectivity index (χ2v) is 8.02. The van der Waals surface area contributed by atoms with Crippen LogP contribution in [0.1, 0.15) is 18.1 Å². The molecule has 152 valence electrons. The molecule has 2 aromatic rings. The molecule has 0 atom stereocenters. The summed E-state index contributed by atoms with van der Waals surface area (Å²) in [6.07, 6.45) is 1.82. The van der Waals surface area contributed by atoms with Crippen LogP contribution in [0.25, 0.3) is 6.08 Å². The van der Waals surface area contributed by atoms with Gasteiger partial charge in [-0.25, -0.2) is 0 Å². The van der Waals surface area contributed by atoms with Crippen LogP contribution in [0.5, 0.6) is 17.2 Å². The SMILES string of the molecule is CCOc1cc(/C=C2\SC(=S)N(C)C2=O)ccc1OCCOc1ccccc1C. The number of amides is 1. The van der Waals surface area contributed by atoms with Crippen LogP contribution in [0.4, 0.5) is 0 Å². The van der Waals surface area contributed by atoms with Gasteiger partial charge in [-0.2, -0.15) is 0 Å². The van der Waals surface area contributed by atoms with Gasteiger partial charge in [0.05, 0.1) is 11.5 Å². The molecule has 29 heavy (non-hydrogen) atoms. The van der Waals surface area contributed by atoms with Gasteiger partial charge in [-0.1, -0.05) is 48.2 Å². The average Bonchev–Trinajstić information content (AvgIpc) is 2.95. The maximum absolute atomic E-state index is 12.2. The highest BCUT2D eigenvalue weighted by Gasteiger charge is 2.28. The highest BCUT2D eigenvalue weighted by Crippen LogP contribution is 2.34. The summed E-state index contributed by atoms with van der Waals surface area (Å²) < 4.78 is 17.9. The molecule has 0 spiro atoms. The van der Waals surface area contributed by atoms with Crippen molar-refractivity contribution < 1.29 is 19.0 Å². The van der Waals surface area contributed by atoms with Crippen LogP contribution < -0.4 is 14.2 Å². The van der Waals surface area contributed by atoms with Gasteiger partial charge < -0.3 is 14.2 Å². The molecule has 0 bridgehead atoms. The van der Waals surface area contributed by atoms with E-state index in [0.717, 1.165) is 16.9 Å². The summed E-state index contributed by atoms with van der Waals surface area (Å²) in [6, 6.07) is 13.5. The van der Waals surface area contributed by atoms with E-state index in [0.29, 0.717) is 40.5 Å². The molecule has 7 heteroatoms. The zero-order valence-electron chi connectivity index (χ0n) is 16.6. The van der Waals surface area contributed by atoms with Gasteiger partial charge in [0.1, 0.15) is 23.3 Å². The van der Waals surface area contributed by atoms with Crippen molar-refractivity contribution in [2.45, 2.75) is 13.8 Å². The highest BCUT2D eigenvalue weighted by molar-refractivity contribution is 8.26. The van der Waals surface area contributed by atoms with E-state index in [4.69, 9.17) is 26.4 Å². The smallest absolute Gasteiger partial charge is 0.265 e. The lowest BCUT2D eigenvalue weighted by Crippen LogP contribution is -2.22. The number of para-hydroxylation sites is 1. The first-order valence-electron chi connectivity index (χ1n) is 9.29. The van der Waals surface area contributed by atoms with Crippen molar-refractivity contribution in [2.75, 3.05) is 26.9 Å². The summed E-state index contributed by atoms with van der Waals surface area (Å²) in [5.41, 5.74) is 1.94. The van der Waals surface area contributed by atoms with Gasteiger partial charge in [0, 0.05) is 7.05 Å². The van der Waals surface area contributed by atoms with Crippen LogP contribution in [0.15, 0.2) is 47.4 Å². The monoisotopic (exact) mass is 429 g/mol. The van der Waals surface area contributed by atoms with Crippen LogP contribution in [-0.4, -0.2) is 42.0 Å². The third-order valence-electron chi connectivity index (χ3n) is 4.24. The van der Waals surface area contributed by atoms with E-state index in [1.165, 1.54) is 16.7 Å². The van der Waals surface area contributed by atoms with Crippen molar-refractivity contribution in [1.82, 2.24) is 4.90 Å². The molecule has 0 saturated carbocycles. The van der Waals surface area contributed by atoms with E-state index in [1.54, 1.807) is 7.05 Å². The molecule has 3 rings (SSSR count). The fourth-order valence-electron chi connectivity index (χ4n) is 2.72. The summed E-state index contributed by atoms with van der Waals surface area (Å²) in [4.78, 5) is 14.3. The molecule has 0 aromatic heterocycles. The maximum Gasteiger partial charge on any atom is 0.265 e. The molecular weight excluding hydrogens is 406 g/mol. The Bertz CT molecular complexity index is 942. The Morgan fingerprint density at radius 3 is 2.41 bits per heavy atom. The van der Waals surface area contributed by atoms with Crippen LogP contribution in [-0.2, 0) is 4.79 Å². The number of hydrogen-bond acceptors (Lipinski definition) is 6. The van der Waals surface area contributed by atoms with Gasteiger partial charge in [-0.05, 0) is 49.2 Å². The number of likely N-dealkylation sites (N-methyl/N-ethyl adjacent to an activating group) is 1. The molecule has 0 N–H and O–H groups in total. The Morgan fingerprint density at radius 2 is 1.76 bits per heavy atom. The number of hydrogen-bond donors (Lipinski definition) is 0. The second kappa shape index (κ2) is 9.80. The number of thioether (sulfide) groups is 1. The number of ether oxygens (including phenoxy) is 3. The fraction of sp³-hybridized carbons (Fsp3) is 0.273. The largest absolute Gasteiger partial charge is 0.490 e. The quantitative estimate of drug-likeness (QED) is 0.345. The number of nitrogens with zero attached hydrogens (tertiary/aromatic N) is 1. The lowest BCUT2D eigenvalue weighted by Gasteiger charge is -2.14. The van der Waals surface area contributed by atoms with E-state index >= 15 is 0 Å². The second-order valence-electron chi connectivity index (χ2n) is 6.34. The van der Waals surface area contributed by atoms with Gasteiger partial charge in [-0.15, -0.1) is 0 Å². The molecule has 0 radical (unpaired) electrons. The Balaban J connectivity index is 1.66. The first-order chi connectivity index (χ1) is 14.0. The number of carbonyl (C=O) groups excluding carboxylic acids is 1. The third kappa shape index (κ3) is 5.31. The number of benzene rings is 2. The average molecular weight is 430 g/mol. The lowest BCUT2D eigenvalue weighted by molar-refractivity contribution is -0.121. The van der Waals surface area contributed by atoms with Gasteiger partial charge in [-0.3, -0.25) is 9.69 Å². The summed E-state index contributed by atoms with van der Waals surface area (Å²) >= 11 is 6.47. The zero-order chi connectivity index (χ0) is 20.8. The molecule has 1 aliphatic heterocycles. The highest BCUT2D eigenvalue weighted by atomic mass is 32.2. The predicted molar refractivity (Wildman–Crippen MR) is 121 cm³/mol. The molecule has 1 saturated heterocycles. The molecule has 1 fully saturated rings. The van der Waals surface area contributed by atoms with Crippen molar-refractivity contribution in [2.24, 2.45) is 0 Å². The molecule has 1 amide bonds. The zero-order valence-corrected chi connectivity index (χ0v) is 18.3. The standard InChI is InChI=1S/C22H23NO4S2/c1-4-25-19-13-16(14-20-21(24)23(3)22(28)29-20)9-10-18(19)27-12-11-26-17-8-6-5-7-15(17)2/h5-10,13-14H,4,11-12H2,1-3H3/b20-14-. The van der Waals surface area contributed by atoms with Gasteiger partial charge in [0.2, 0.25) is 0 Å². The Hall–Kier alpha value is -2.51. The number of aryl methyl sites for hydroxylation is 1. The van der Waals surface area contributed by atoms with Crippen LogP contribution in [0.2, 0.25) is 0 Å². The minimum absolute atomic E-state index is 0.0911. The van der Waals surface area contributed by atoms with Crippen molar-refractivity contribution in [3.63, 3.8) is 0 Å². The van der Waals surface area contributed by atoms with Crippen molar-refractivity contribution in [1.29, 1.82) is 0 Å². The van der Waals surface area contributed by atoms with Crippen molar-refractivity contribution in [3.05, 3.63) is 58.5 Å². The first kappa shape index (κ1) is 21.2. The normalized spacial score (nSPS) is 15.1. The summed E-state index contributed by atoms with van der Waals surface area (Å²) in [6.45, 7) is 5.25. The lowest BCUT2D eigenvalue weighted by atomic mass is 10.2. The van der Waals surface area contributed by atoms with Gasteiger partial charge in [0.15, 0.2) is 11.5 Å². The Labute approximate surface area is 180 Å².